The van der Waals surface area contributed by atoms with Crippen LogP contribution >= 0.6 is 0 Å². The second kappa shape index (κ2) is 10.0. The average Bonchev–Trinajstić information content (AvgIpc) is 3.13. The minimum Gasteiger partial charge on any atom is -0.377 e. The van der Waals surface area contributed by atoms with E-state index in [-0.39, 0.29) is 11.9 Å². The smallest absolute Gasteiger partial charge is 0.251 e. The fraction of sp³-hybridized carbons (Fsp3) is 0.500. The van der Waals surface area contributed by atoms with Gasteiger partial charge in [-0.05, 0) is 31.0 Å². The fourth-order valence-electron chi connectivity index (χ4n) is 3.31. The van der Waals surface area contributed by atoms with Crippen LogP contribution < -0.4 is 16.0 Å². The van der Waals surface area contributed by atoms with Crippen LogP contribution in [0.5, 0.6) is 0 Å². The molecule has 0 radical (unpaired) electrons. The van der Waals surface area contributed by atoms with Gasteiger partial charge in [0.2, 0.25) is 0 Å². The van der Waals surface area contributed by atoms with Gasteiger partial charge in [-0.25, -0.2) is 14.7 Å². The zero-order chi connectivity index (χ0) is 20.6. The number of ether oxygens (including phenoxy) is 1. The van der Waals surface area contributed by atoms with E-state index in [4.69, 9.17) is 9.73 Å². The number of amides is 1. The molecule has 0 fully saturated rings. The third kappa shape index (κ3) is 5.54. The van der Waals surface area contributed by atoms with Crippen molar-refractivity contribution >= 4 is 11.9 Å². The molecule has 3 N–H and O–H groups in total. The molecule has 2 heterocycles. The van der Waals surface area contributed by atoms with Crippen LogP contribution in [0, 0.1) is 0 Å². The number of guanidine groups is 1. The summed E-state index contributed by atoms with van der Waals surface area (Å²) < 4.78 is 7.08. The number of fused-ring (bicyclic) bond motifs is 1. The molecule has 0 saturated heterocycles. The van der Waals surface area contributed by atoms with Crippen molar-refractivity contribution in [3.05, 3.63) is 47.0 Å². The van der Waals surface area contributed by atoms with Crippen LogP contribution in [-0.4, -0.2) is 53.4 Å². The number of benzene rings is 1. The van der Waals surface area contributed by atoms with E-state index in [9.17, 15) is 4.79 Å². The Morgan fingerprint density at radius 3 is 3.03 bits per heavy atom. The first kappa shape index (κ1) is 20.8. The topological polar surface area (TPSA) is 105 Å². The van der Waals surface area contributed by atoms with Crippen LogP contribution in [0.25, 0.3) is 0 Å². The second-order valence-corrected chi connectivity index (χ2v) is 6.91. The maximum absolute atomic E-state index is 11.8. The first-order chi connectivity index (χ1) is 14.1. The van der Waals surface area contributed by atoms with Crippen molar-refractivity contribution in [2.45, 2.75) is 45.5 Å². The van der Waals surface area contributed by atoms with Gasteiger partial charge < -0.3 is 20.7 Å². The first-order valence-electron chi connectivity index (χ1n) is 9.90. The highest BCUT2D eigenvalue weighted by Gasteiger charge is 2.22. The van der Waals surface area contributed by atoms with E-state index in [0.29, 0.717) is 18.7 Å². The van der Waals surface area contributed by atoms with Gasteiger partial charge in [0.25, 0.3) is 5.91 Å². The Bertz CT molecular complexity index is 862. The van der Waals surface area contributed by atoms with E-state index in [1.54, 1.807) is 20.2 Å². The molecule has 1 aliphatic heterocycles. The van der Waals surface area contributed by atoms with Crippen LogP contribution in [0.4, 0.5) is 0 Å². The predicted octanol–water partition coefficient (Wildman–Crippen LogP) is 0.854. The third-order valence-electron chi connectivity index (χ3n) is 4.70. The van der Waals surface area contributed by atoms with Crippen molar-refractivity contribution in [1.82, 2.24) is 30.7 Å². The number of methoxy groups -OCH3 is 1. The number of nitrogens with zero attached hydrogens (tertiary/aromatic N) is 4. The third-order valence-corrected chi connectivity index (χ3v) is 4.70. The largest absolute Gasteiger partial charge is 0.377 e. The molecule has 0 aliphatic carbocycles. The molecule has 0 spiro atoms. The summed E-state index contributed by atoms with van der Waals surface area (Å²) in [4.78, 5) is 21.0. The Balaban J connectivity index is 1.64. The molecule has 9 nitrogen and oxygen atoms in total. The standard InChI is InChI=1S/C20H29N7O2/c1-4-22-20(23-11-14-6-5-7-15(10-14)19(28)21-2)24-16-8-9-18-25-17(13-29-3)26-27(18)12-16/h5-7,10,16H,4,8-9,11-13H2,1-3H3,(H,21,28)(H2,22,23,24). The van der Waals surface area contributed by atoms with Crippen LogP contribution in [0.1, 0.15) is 40.9 Å². The highest BCUT2D eigenvalue weighted by Crippen LogP contribution is 2.13. The van der Waals surface area contributed by atoms with Gasteiger partial charge in [-0.1, -0.05) is 12.1 Å². The van der Waals surface area contributed by atoms with E-state index < -0.39 is 0 Å². The molecule has 1 aromatic carbocycles. The Hall–Kier alpha value is -2.94. The lowest BCUT2D eigenvalue weighted by molar-refractivity contribution is 0.0963. The summed E-state index contributed by atoms with van der Waals surface area (Å²) in [6, 6.07) is 7.73. The number of aryl methyl sites for hydroxylation is 1. The van der Waals surface area contributed by atoms with Crippen molar-refractivity contribution in [3.63, 3.8) is 0 Å². The number of carbonyl (C=O) groups excluding carboxylic acids is 1. The number of carbonyl (C=O) groups is 1. The molecule has 1 aromatic heterocycles. The summed E-state index contributed by atoms with van der Waals surface area (Å²) in [5, 5.41) is 13.9. The van der Waals surface area contributed by atoms with Crippen molar-refractivity contribution in [2.24, 2.45) is 4.99 Å². The van der Waals surface area contributed by atoms with Crippen molar-refractivity contribution in [2.75, 3.05) is 20.7 Å². The minimum absolute atomic E-state index is 0.0976. The molecule has 29 heavy (non-hydrogen) atoms. The van der Waals surface area contributed by atoms with Crippen molar-refractivity contribution < 1.29 is 9.53 Å². The summed E-state index contributed by atoms with van der Waals surface area (Å²) >= 11 is 0. The Kier molecular flexibility index (Phi) is 7.18. The van der Waals surface area contributed by atoms with E-state index in [1.165, 1.54) is 0 Å². The predicted molar refractivity (Wildman–Crippen MR) is 111 cm³/mol. The molecule has 1 aliphatic rings. The molecule has 1 atom stereocenters. The summed E-state index contributed by atoms with van der Waals surface area (Å²) in [6.45, 7) is 4.46. The SMILES string of the molecule is CCNC(=NCc1cccc(C(=O)NC)c1)NC1CCc2nc(COC)nn2C1. The number of hydrogen-bond donors (Lipinski definition) is 3. The molecule has 1 amide bonds. The van der Waals surface area contributed by atoms with E-state index in [0.717, 1.165) is 49.1 Å². The highest BCUT2D eigenvalue weighted by atomic mass is 16.5. The zero-order valence-electron chi connectivity index (χ0n) is 17.2. The van der Waals surface area contributed by atoms with Crippen LogP contribution in [0.3, 0.4) is 0 Å². The fourth-order valence-corrected chi connectivity index (χ4v) is 3.31. The summed E-state index contributed by atoms with van der Waals surface area (Å²) in [6.07, 6.45) is 1.82. The lowest BCUT2D eigenvalue weighted by Crippen LogP contribution is -2.47. The molecular weight excluding hydrogens is 370 g/mol. The number of aliphatic imine (C=N–C) groups is 1. The van der Waals surface area contributed by atoms with Gasteiger partial charge in [0.15, 0.2) is 11.8 Å². The van der Waals surface area contributed by atoms with Crippen LogP contribution in [0.2, 0.25) is 0 Å². The second-order valence-electron chi connectivity index (χ2n) is 6.91. The Labute approximate surface area is 171 Å². The summed E-state index contributed by atoms with van der Waals surface area (Å²) in [5.41, 5.74) is 1.62. The lowest BCUT2D eigenvalue weighted by Gasteiger charge is -2.25. The molecule has 0 bridgehead atoms. The van der Waals surface area contributed by atoms with Gasteiger partial charge in [-0.2, -0.15) is 5.10 Å². The van der Waals surface area contributed by atoms with Gasteiger partial charge in [0.1, 0.15) is 12.4 Å². The molecule has 3 rings (SSSR count). The van der Waals surface area contributed by atoms with Crippen LogP contribution in [0.15, 0.2) is 29.3 Å². The number of aromatic nitrogens is 3. The molecular formula is C20H29N7O2. The number of nitrogens with one attached hydrogen (secondary N) is 3. The summed E-state index contributed by atoms with van der Waals surface area (Å²) in [7, 11) is 3.27. The van der Waals surface area contributed by atoms with Gasteiger partial charge in [-0.3, -0.25) is 4.79 Å². The maximum atomic E-state index is 11.8. The van der Waals surface area contributed by atoms with E-state index in [2.05, 4.69) is 26.0 Å². The lowest BCUT2D eigenvalue weighted by atomic mass is 10.1. The molecule has 9 heteroatoms. The summed E-state index contributed by atoms with van der Waals surface area (Å²) in [5.74, 6) is 2.38. The average molecular weight is 399 g/mol. The number of hydrogen-bond acceptors (Lipinski definition) is 5. The molecule has 0 saturated carbocycles. The Morgan fingerprint density at radius 2 is 2.28 bits per heavy atom. The van der Waals surface area contributed by atoms with Gasteiger partial charge >= 0.3 is 0 Å². The quantitative estimate of drug-likeness (QED) is 0.471. The van der Waals surface area contributed by atoms with E-state index in [1.807, 2.05) is 29.8 Å². The zero-order valence-corrected chi connectivity index (χ0v) is 17.2. The molecule has 1 unspecified atom stereocenters. The van der Waals surface area contributed by atoms with Gasteiger partial charge in [-0.15, -0.1) is 0 Å². The molecule has 2 aromatic rings. The highest BCUT2D eigenvalue weighted by molar-refractivity contribution is 5.94. The maximum Gasteiger partial charge on any atom is 0.251 e. The van der Waals surface area contributed by atoms with Crippen molar-refractivity contribution in [1.29, 1.82) is 0 Å². The van der Waals surface area contributed by atoms with Crippen LogP contribution in [-0.2, 0) is 30.9 Å². The minimum atomic E-state index is -0.0976. The molecule has 156 valence electrons. The Morgan fingerprint density at radius 1 is 1.41 bits per heavy atom. The van der Waals surface area contributed by atoms with Crippen molar-refractivity contribution in [3.8, 4) is 0 Å². The van der Waals surface area contributed by atoms with E-state index >= 15 is 0 Å². The first-order valence-corrected chi connectivity index (χ1v) is 9.90. The van der Waals surface area contributed by atoms with Gasteiger partial charge in [0, 0.05) is 38.7 Å². The monoisotopic (exact) mass is 399 g/mol. The van der Waals surface area contributed by atoms with Gasteiger partial charge in [0.05, 0.1) is 13.1 Å². The number of rotatable bonds is 7. The normalized spacial score (nSPS) is 16.2.